The molecule has 0 fully saturated rings. The number of pyridine rings is 1. The topological polar surface area (TPSA) is 126 Å². The molecule has 0 spiro atoms. The number of amides is 2. The number of nitrogens with one attached hydrogen (secondary N) is 3. The number of fused-ring (bicyclic) bond motifs is 2. The molecule has 3 N–H and O–H groups in total. The second-order valence-electron chi connectivity index (χ2n) is 6.83. The van der Waals surface area contributed by atoms with Crippen molar-refractivity contribution in [1.29, 1.82) is 0 Å². The minimum atomic E-state index is -0.588. The molecule has 0 unspecified atom stereocenters. The molecule has 1 aliphatic rings. The van der Waals surface area contributed by atoms with E-state index in [0.717, 1.165) is 12.8 Å². The summed E-state index contributed by atoms with van der Waals surface area (Å²) in [5, 5.41) is 5.66. The van der Waals surface area contributed by atoms with E-state index >= 15 is 0 Å². The zero-order valence-electron chi connectivity index (χ0n) is 15.7. The summed E-state index contributed by atoms with van der Waals surface area (Å²) in [7, 11) is 0. The largest absolute Gasteiger partial charge is 0.348 e. The molecule has 9 heteroatoms. The van der Waals surface area contributed by atoms with Gasteiger partial charge in [-0.05, 0) is 24.6 Å². The van der Waals surface area contributed by atoms with Crippen LogP contribution in [0.4, 0.5) is 5.69 Å². The van der Waals surface area contributed by atoms with Crippen molar-refractivity contribution in [2.24, 2.45) is 0 Å². The predicted octanol–water partition coefficient (Wildman–Crippen LogP) is 1.38. The van der Waals surface area contributed by atoms with E-state index in [4.69, 9.17) is 0 Å². The van der Waals surface area contributed by atoms with Crippen LogP contribution in [0.15, 0.2) is 40.1 Å². The van der Waals surface area contributed by atoms with Crippen LogP contribution in [0.1, 0.15) is 46.0 Å². The number of rotatable bonds is 5. The van der Waals surface area contributed by atoms with Gasteiger partial charge in [-0.1, -0.05) is 19.4 Å². The number of hydrogen-bond acceptors (Lipinski definition) is 5. The first-order valence-electron chi connectivity index (χ1n) is 9.34. The zero-order chi connectivity index (χ0) is 20.5. The van der Waals surface area contributed by atoms with Crippen LogP contribution in [0, 0.1) is 0 Å². The minimum Gasteiger partial charge on any atom is -0.348 e. The highest BCUT2D eigenvalue weighted by Crippen LogP contribution is 2.24. The summed E-state index contributed by atoms with van der Waals surface area (Å²) in [6.07, 6.45) is 2.98. The molecule has 2 amide bonds. The number of aromatic nitrogens is 3. The Morgan fingerprint density at radius 3 is 2.90 bits per heavy atom. The first-order chi connectivity index (χ1) is 14.0. The number of H-pyrrole nitrogens is 1. The summed E-state index contributed by atoms with van der Waals surface area (Å²) < 4.78 is 1.41. The SMILES string of the molecule is CCCCn1c(=O)[nH]c(=O)c2cc(C(=O)Nc3cccc4c3CNC4=O)cnc21. The van der Waals surface area contributed by atoms with E-state index in [1.54, 1.807) is 18.2 Å². The fraction of sp³-hybridized carbons (Fsp3) is 0.250. The van der Waals surface area contributed by atoms with Gasteiger partial charge in [0, 0.05) is 36.1 Å². The number of aromatic amines is 1. The van der Waals surface area contributed by atoms with Gasteiger partial charge in [0.05, 0.1) is 10.9 Å². The maximum atomic E-state index is 12.7. The molecule has 0 bridgehead atoms. The van der Waals surface area contributed by atoms with Gasteiger partial charge in [-0.15, -0.1) is 0 Å². The third-order valence-corrected chi connectivity index (χ3v) is 4.92. The van der Waals surface area contributed by atoms with Crippen LogP contribution in [-0.4, -0.2) is 26.3 Å². The van der Waals surface area contributed by atoms with E-state index in [-0.39, 0.29) is 22.5 Å². The third kappa shape index (κ3) is 3.31. The smallest absolute Gasteiger partial charge is 0.329 e. The molecule has 2 aromatic heterocycles. The Kier molecular flexibility index (Phi) is 4.71. The highest BCUT2D eigenvalue weighted by atomic mass is 16.2. The van der Waals surface area contributed by atoms with E-state index in [0.29, 0.717) is 29.9 Å². The molecule has 0 aliphatic carbocycles. The number of nitrogens with zero attached hydrogens (tertiary/aromatic N) is 2. The lowest BCUT2D eigenvalue weighted by Gasteiger charge is -2.11. The molecule has 3 heterocycles. The van der Waals surface area contributed by atoms with E-state index < -0.39 is 17.2 Å². The van der Waals surface area contributed by atoms with Crippen molar-refractivity contribution in [2.75, 3.05) is 5.32 Å². The summed E-state index contributed by atoms with van der Waals surface area (Å²) in [6.45, 7) is 2.76. The van der Waals surface area contributed by atoms with Gasteiger partial charge in [0.2, 0.25) is 0 Å². The number of benzene rings is 1. The van der Waals surface area contributed by atoms with E-state index in [9.17, 15) is 19.2 Å². The van der Waals surface area contributed by atoms with Gasteiger partial charge in [-0.25, -0.2) is 9.78 Å². The van der Waals surface area contributed by atoms with Crippen LogP contribution >= 0.6 is 0 Å². The lowest BCUT2D eigenvalue weighted by molar-refractivity contribution is 0.0964. The summed E-state index contributed by atoms with van der Waals surface area (Å²) >= 11 is 0. The number of anilines is 1. The Morgan fingerprint density at radius 1 is 1.28 bits per heavy atom. The quantitative estimate of drug-likeness (QED) is 0.604. The Morgan fingerprint density at radius 2 is 2.10 bits per heavy atom. The molecule has 29 heavy (non-hydrogen) atoms. The van der Waals surface area contributed by atoms with Gasteiger partial charge in [-0.3, -0.25) is 23.9 Å². The van der Waals surface area contributed by atoms with Crippen LogP contribution in [-0.2, 0) is 13.1 Å². The summed E-state index contributed by atoms with van der Waals surface area (Å²) in [6, 6.07) is 6.51. The van der Waals surface area contributed by atoms with Gasteiger partial charge in [0.1, 0.15) is 5.65 Å². The fourth-order valence-corrected chi connectivity index (χ4v) is 3.38. The molecule has 148 valence electrons. The molecule has 0 saturated heterocycles. The summed E-state index contributed by atoms with van der Waals surface area (Å²) in [5.74, 6) is -0.641. The summed E-state index contributed by atoms with van der Waals surface area (Å²) in [4.78, 5) is 55.4. The first kappa shape index (κ1) is 18.6. The monoisotopic (exact) mass is 393 g/mol. The van der Waals surface area contributed by atoms with Gasteiger partial charge in [-0.2, -0.15) is 0 Å². The second kappa shape index (κ2) is 7.34. The number of unbranched alkanes of at least 4 members (excludes halogenated alkanes) is 1. The molecule has 4 rings (SSSR count). The average molecular weight is 393 g/mol. The minimum absolute atomic E-state index is 0.170. The summed E-state index contributed by atoms with van der Waals surface area (Å²) in [5.41, 5.74) is 1.08. The third-order valence-electron chi connectivity index (χ3n) is 4.92. The Hall–Kier alpha value is -3.75. The normalized spacial score (nSPS) is 12.7. The molecule has 0 radical (unpaired) electrons. The number of carbonyl (C=O) groups is 2. The van der Waals surface area contributed by atoms with Crippen LogP contribution < -0.4 is 21.9 Å². The van der Waals surface area contributed by atoms with E-state index in [1.165, 1.54) is 16.8 Å². The lowest BCUT2D eigenvalue weighted by Crippen LogP contribution is -2.31. The maximum Gasteiger partial charge on any atom is 0.329 e. The number of carbonyl (C=O) groups excluding carboxylic acids is 2. The van der Waals surface area contributed by atoms with Crippen molar-refractivity contribution >= 4 is 28.5 Å². The van der Waals surface area contributed by atoms with Crippen molar-refractivity contribution in [3.8, 4) is 0 Å². The molecule has 9 nitrogen and oxygen atoms in total. The van der Waals surface area contributed by atoms with Gasteiger partial charge in [0.25, 0.3) is 17.4 Å². The lowest BCUT2D eigenvalue weighted by atomic mass is 10.1. The Balaban J connectivity index is 1.70. The second-order valence-corrected chi connectivity index (χ2v) is 6.83. The zero-order valence-corrected chi connectivity index (χ0v) is 15.7. The van der Waals surface area contributed by atoms with E-state index in [2.05, 4.69) is 20.6 Å². The van der Waals surface area contributed by atoms with Crippen molar-refractivity contribution in [3.63, 3.8) is 0 Å². The standard InChI is InChI=1S/C20H19N5O4/c1-2-3-7-25-16-13(19(28)24-20(25)29)8-11(9-21-16)17(26)23-15-6-4-5-12-14(15)10-22-18(12)27/h4-6,8-9H,2-3,7,10H2,1H3,(H,22,27)(H,23,26)(H,24,28,29). The molecular formula is C20H19N5O4. The predicted molar refractivity (Wildman–Crippen MR) is 107 cm³/mol. The average Bonchev–Trinajstić information content (AvgIpc) is 3.09. The molecule has 3 aromatic rings. The highest BCUT2D eigenvalue weighted by Gasteiger charge is 2.22. The van der Waals surface area contributed by atoms with Crippen molar-refractivity contribution in [2.45, 2.75) is 32.9 Å². The van der Waals surface area contributed by atoms with Gasteiger partial charge >= 0.3 is 5.69 Å². The highest BCUT2D eigenvalue weighted by molar-refractivity contribution is 6.07. The molecule has 1 aromatic carbocycles. The fourth-order valence-electron chi connectivity index (χ4n) is 3.38. The molecule has 0 saturated carbocycles. The first-order valence-corrected chi connectivity index (χ1v) is 9.34. The molecule has 0 atom stereocenters. The van der Waals surface area contributed by atoms with Crippen molar-refractivity contribution in [3.05, 3.63) is 68.0 Å². The van der Waals surface area contributed by atoms with Crippen LogP contribution in [0.5, 0.6) is 0 Å². The van der Waals surface area contributed by atoms with Crippen molar-refractivity contribution in [1.82, 2.24) is 19.9 Å². The van der Waals surface area contributed by atoms with Gasteiger partial charge in [0.15, 0.2) is 0 Å². The number of aryl methyl sites for hydroxylation is 1. The Bertz CT molecular complexity index is 1260. The Labute approximate surface area is 164 Å². The van der Waals surface area contributed by atoms with Gasteiger partial charge < -0.3 is 10.6 Å². The van der Waals surface area contributed by atoms with Crippen molar-refractivity contribution < 1.29 is 9.59 Å². The molecular weight excluding hydrogens is 374 g/mol. The van der Waals surface area contributed by atoms with E-state index in [1.807, 2.05) is 6.92 Å². The van der Waals surface area contributed by atoms with Crippen LogP contribution in [0.2, 0.25) is 0 Å². The van der Waals surface area contributed by atoms with Crippen LogP contribution in [0.3, 0.4) is 0 Å². The maximum absolute atomic E-state index is 12.7. The van der Waals surface area contributed by atoms with Crippen LogP contribution in [0.25, 0.3) is 11.0 Å². The molecule has 1 aliphatic heterocycles. The number of hydrogen-bond donors (Lipinski definition) is 3.